The SMILES string of the molecule is CCCCCCCCCCCC(=O)NCCCNC(C)O. The Balaban J connectivity index is 3.16. The number of nitrogens with one attached hydrogen (secondary N) is 2. The average molecular weight is 300 g/mol. The Bertz CT molecular complexity index is 233. The van der Waals surface area contributed by atoms with Crippen LogP contribution in [0.2, 0.25) is 0 Å². The first-order chi connectivity index (χ1) is 10.2. The lowest BCUT2D eigenvalue weighted by Gasteiger charge is -2.08. The summed E-state index contributed by atoms with van der Waals surface area (Å²) >= 11 is 0. The molecular formula is C17H36N2O2. The highest BCUT2D eigenvalue weighted by molar-refractivity contribution is 5.75. The van der Waals surface area contributed by atoms with E-state index >= 15 is 0 Å². The maximum atomic E-state index is 11.6. The Kier molecular flexibility index (Phi) is 15.3. The molecular weight excluding hydrogens is 264 g/mol. The normalized spacial score (nSPS) is 12.3. The number of unbranched alkanes of at least 4 members (excludes halogenated alkanes) is 8. The molecule has 3 N–H and O–H groups in total. The largest absolute Gasteiger partial charge is 0.379 e. The molecule has 0 fully saturated rings. The van der Waals surface area contributed by atoms with Crippen molar-refractivity contribution in [2.75, 3.05) is 13.1 Å². The van der Waals surface area contributed by atoms with Crippen molar-refractivity contribution in [2.45, 2.75) is 90.7 Å². The smallest absolute Gasteiger partial charge is 0.219 e. The van der Waals surface area contributed by atoms with Gasteiger partial charge in [0.05, 0.1) is 0 Å². The van der Waals surface area contributed by atoms with E-state index in [-0.39, 0.29) is 5.91 Å². The van der Waals surface area contributed by atoms with E-state index in [9.17, 15) is 4.79 Å². The van der Waals surface area contributed by atoms with E-state index in [1.54, 1.807) is 6.92 Å². The van der Waals surface area contributed by atoms with Gasteiger partial charge in [-0.05, 0) is 26.3 Å². The molecule has 0 heterocycles. The molecule has 1 unspecified atom stereocenters. The molecule has 0 aromatic heterocycles. The monoisotopic (exact) mass is 300 g/mol. The highest BCUT2D eigenvalue weighted by Crippen LogP contribution is 2.10. The number of carbonyl (C=O) groups is 1. The van der Waals surface area contributed by atoms with Crippen molar-refractivity contribution >= 4 is 5.91 Å². The summed E-state index contributed by atoms with van der Waals surface area (Å²) in [5, 5.41) is 14.8. The van der Waals surface area contributed by atoms with Gasteiger partial charge in [0.1, 0.15) is 6.23 Å². The number of hydrogen-bond acceptors (Lipinski definition) is 3. The molecule has 21 heavy (non-hydrogen) atoms. The topological polar surface area (TPSA) is 61.4 Å². The minimum absolute atomic E-state index is 0.162. The van der Waals surface area contributed by atoms with Crippen molar-refractivity contribution in [1.29, 1.82) is 0 Å². The van der Waals surface area contributed by atoms with Gasteiger partial charge in [-0.25, -0.2) is 0 Å². The summed E-state index contributed by atoms with van der Waals surface area (Å²) in [4.78, 5) is 11.6. The summed E-state index contributed by atoms with van der Waals surface area (Å²) in [7, 11) is 0. The zero-order valence-electron chi connectivity index (χ0n) is 14.1. The van der Waals surface area contributed by atoms with Crippen LogP contribution in [-0.4, -0.2) is 30.3 Å². The van der Waals surface area contributed by atoms with E-state index in [2.05, 4.69) is 17.6 Å². The van der Waals surface area contributed by atoms with Crippen LogP contribution in [0.4, 0.5) is 0 Å². The van der Waals surface area contributed by atoms with Crippen molar-refractivity contribution in [3.63, 3.8) is 0 Å². The number of hydrogen-bond donors (Lipinski definition) is 3. The fourth-order valence-corrected chi connectivity index (χ4v) is 2.31. The second-order valence-corrected chi connectivity index (χ2v) is 5.91. The molecule has 0 aliphatic carbocycles. The van der Waals surface area contributed by atoms with Gasteiger partial charge < -0.3 is 10.4 Å². The lowest BCUT2D eigenvalue weighted by atomic mass is 10.1. The van der Waals surface area contributed by atoms with Crippen molar-refractivity contribution in [2.24, 2.45) is 0 Å². The highest BCUT2D eigenvalue weighted by Gasteiger charge is 2.00. The lowest BCUT2D eigenvalue weighted by molar-refractivity contribution is -0.121. The third-order valence-electron chi connectivity index (χ3n) is 3.62. The van der Waals surface area contributed by atoms with Gasteiger partial charge in [0.2, 0.25) is 5.91 Å². The zero-order valence-corrected chi connectivity index (χ0v) is 14.1. The Morgan fingerprint density at radius 1 is 0.905 bits per heavy atom. The molecule has 126 valence electrons. The van der Waals surface area contributed by atoms with E-state index in [0.29, 0.717) is 13.0 Å². The maximum Gasteiger partial charge on any atom is 0.219 e. The number of aliphatic hydroxyl groups excluding tert-OH is 1. The fourth-order valence-electron chi connectivity index (χ4n) is 2.31. The van der Waals surface area contributed by atoms with Crippen LogP contribution < -0.4 is 10.6 Å². The molecule has 0 aromatic carbocycles. The lowest BCUT2D eigenvalue weighted by Crippen LogP contribution is -2.30. The first kappa shape index (κ1) is 20.4. The molecule has 0 aromatic rings. The van der Waals surface area contributed by atoms with Crippen LogP contribution in [-0.2, 0) is 4.79 Å². The summed E-state index contributed by atoms with van der Waals surface area (Å²) in [6, 6.07) is 0. The van der Waals surface area contributed by atoms with E-state index in [1.165, 1.54) is 51.4 Å². The summed E-state index contributed by atoms with van der Waals surface area (Å²) in [5.74, 6) is 0.162. The molecule has 4 nitrogen and oxygen atoms in total. The van der Waals surface area contributed by atoms with Crippen LogP contribution in [0.15, 0.2) is 0 Å². The molecule has 0 aliphatic heterocycles. The third-order valence-corrected chi connectivity index (χ3v) is 3.62. The van der Waals surface area contributed by atoms with Crippen LogP contribution >= 0.6 is 0 Å². The van der Waals surface area contributed by atoms with Gasteiger partial charge >= 0.3 is 0 Å². The van der Waals surface area contributed by atoms with Crippen LogP contribution in [0, 0.1) is 0 Å². The van der Waals surface area contributed by atoms with Crippen LogP contribution in [0.3, 0.4) is 0 Å². The Labute approximate surface area is 131 Å². The predicted molar refractivity (Wildman–Crippen MR) is 89.2 cm³/mol. The van der Waals surface area contributed by atoms with Gasteiger partial charge in [0, 0.05) is 13.0 Å². The summed E-state index contributed by atoms with van der Waals surface area (Å²) in [5.41, 5.74) is 0. The van der Waals surface area contributed by atoms with E-state index < -0.39 is 6.23 Å². The number of rotatable bonds is 15. The van der Waals surface area contributed by atoms with E-state index in [1.807, 2.05) is 0 Å². The van der Waals surface area contributed by atoms with E-state index in [4.69, 9.17) is 5.11 Å². The first-order valence-electron chi connectivity index (χ1n) is 8.85. The molecule has 0 rings (SSSR count). The maximum absolute atomic E-state index is 11.6. The minimum atomic E-state index is -0.470. The van der Waals surface area contributed by atoms with Gasteiger partial charge in [0.25, 0.3) is 0 Å². The molecule has 0 saturated carbocycles. The number of aliphatic hydroxyl groups is 1. The van der Waals surface area contributed by atoms with Gasteiger partial charge in [0.15, 0.2) is 0 Å². The molecule has 0 radical (unpaired) electrons. The van der Waals surface area contributed by atoms with Gasteiger partial charge in [-0.2, -0.15) is 0 Å². The number of carbonyl (C=O) groups excluding carboxylic acids is 1. The average Bonchev–Trinajstić information content (AvgIpc) is 2.45. The molecule has 0 aliphatic rings. The Morgan fingerprint density at radius 3 is 2.05 bits per heavy atom. The van der Waals surface area contributed by atoms with Crippen molar-refractivity contribution in [1.82, 2.24) is 10.6 Å². The second-order valence-electron chi connectivity index (χ2n) is 5.91. The molecule has 0 saturated heterocycles. The molecule has 1 amide bonds. The molecule has 0 spiro atoms. The van der Waals surface area contributed by atoms with Gasteiger partial charge in [-0.15, -0.1) is 0 Å². The Morgan fingerprint density at radius 2 is 1.48 bits per heavy atom. The summed E-state index contributed by atoms with van der Waals surface area (Å²) < 4.78 is 0. The van der Waals surface area contributed by atoms with Crippen LogP contribution in [0.25, 0.3) is 0 Å². The van der Waals surface area contributed by atoms with Crippen molar-refractivity contribution in [3.05, 3.63) is 0 Å². The number of amides is 1. The highest BCUT2D eigenvalue weighted by atomic mass is 16.3. The van der Waals surface area contributed by atoms with Gasteiger partial charge in [-0.3, -0.25) is 10.1 Å². The van der Waals surface area contributed by atoms with Crippen molar-refractivity contribution in [3.8, 4) is 0 Å². The molecule has 0 bridgehead atoms. The standard InChI is InChI=1S/C17H36N2O2/c1-3-4-5-6-7-8-9-10-11-13-17(21)19-15-12-14-18-16(2)20/h16,18,20H,3-15H2,1-2H3,(H,19,21). The summed E-state index contributed by atoms with van der Waals surface area (Å²) in [6.45, 7) is 5.36. The fraction of sp³-hybridized carbons (Fsp3) is 0.941. The zero-order chi connectivity index (χ0) is 15.8. The summed E-state index contributed by atoms with van der Waals surface area (Å²) in [6.07, 6.45) is 12.6. The van der Waals surface area contributed by atoms with Crippen molar-refractivity contribution < 1.29 is 9.90 Å². The molecule has 4 heteroatoms. The first-order valence-corrected chi connectivity index (χ1v) is 8.85. The molecule has 1 atom stereocenters. The van der Waals surface area contributed by atoms with E-state index in [0.717, 1.165) is 19.4 Å². The third kappa shape index (κ3) is 17.3. The predicted octanol–water partition coefficient (Wildman–Crippen LogP) is 3.34. The Hall–Kier alpha value is -0.610. The minimum Gasteiger partial charge on any atom is -0.379 e. The van der Waals surface area contributed by atoms with Gasteiger partial charge in [-0.1, -0.05) is 58.3 Å². The second kappa shape index (κ2) is 15.8. The van der Waals surface area contributed by atoms with Crippen LogP contribution in [0.5, 0.6) is 0 Å². The quantitative estimate of drug-likeness (QED) is 0.321. The van der Waals surface area contributed by atoms with Crippen LogP contribution in [0.1, 0.15) is 84.5 Å².